The molecule has 1 atom stereocenters. The van der Waals surface area contributed by atoms with Gasteiger partial charge in [-0.1, -0.05) is 40.2 Å². The Bertz CT molecular complexity index is 629. The molecule has 0 bridgehead atoms. The zero-order chi connectivity index (χ0) is 15.5. The van der Waals surface area contributed by atoms with E-state index in [1.54, 1.807) is 30.3 Å². The van der Waals surface area contributed by atoms with Crippen LogP contribution in [0.3, 0.4) is 0 Å². The van der Waals surface area contributed by atoms with E-state index >= 15 is 0 Å². The first-order chi connectivity index (χ1) is 10.0. The Kier molecular flexibility index (Phi) is 5.08. The molecule has 0 spiro atoms. The first-order valence-electron chi connectivity index (χ1n) is 6.52. The van der Waals surface area contributed by atoms with Gasteiger partial charge in [-0.3, -0.25) is 0 Å². The minimum absolute atomic E-state index is 0.0138. The van der Waals surface area contributed by atoms with Gasteiger partial charge in [0.05, 0.1) is 6.61 Å². The van der Waals surface area contributed by atoms with Crippen molar-refractivity contribution in [1.82, 2.24) is 0 Å². The third-order valence-corrected chi connectivity index (χ3v) is 4.18. The predicted molar refractivity (Wildman–Crippen MR) is 82.0 cm³/mol. The van der Waals surface area contributed by atoms with Crippen LogP contribution in [0.15, 0.2) is 46.9 Å². The fourth-order valence-electron chi connectivity index (χ4n) is 2.40. The standard InChI is InChI=1S/C16H16BrF2NO/c17-12-6-5-11(15(19)7-12)8-16(9-20,10-21)13-3-1-2-4-14(13)18/h1-7,21H,8-10,20H2. The van der Waals surface area contributed by atoms with E-state index in [4.69, 9.17) is 5.73 Å². The average Bonchev–Trinajstić information content (AvgIpc) is 2.48. The summed E-state index contributed by atoms with van der Waals surface area (Å²) in [5, 5.41) is 9.78. The minimum Gasteiger partial charge on any atom is -0.395 e. The number of rotatable bonds is 5. The summed E-state index contributed by atoms with van der Waals surface area (Å²) in [6, 6.07) is 10.8. The van der Waals surface area contributed by atoms with Crippen LogP contribution in [0.5, 0.6) is 0 Å². The van der Waals surface area contributed by atoms with Gasteiger partial charge in [-0.2, -0.15) is 0 Å². The highest BCUT2D eigenvalue weighted by Gasteiger charge is 2.33. The lowest BCUT2D eigenvalue weighted by Crippen LogP contribution is -2.42. The molecule has 5 heteroatoms. The van der Waals surface area contributed by atoms with Crippen molar-refractivity contribution in [1.29, 1.82) is 0 Å². The summed E-state index contributed by atoms with van der Waals surface area (Å²) in [5.41, 5.74) is 5.44. The zero-order valence-corrected chi connectivity index (χ0v) is 12.9. The third-order valence-electron chi connectivity index (χ3n) is 3.68. The second kappa shape index (κ2) is 6.64. The summed E-state index contributed by atoms with van der Waals surface area (Å²) in [4.78, 5) is 0. The Morgan fingerprint density at radius 2 is 1.81 bits per heavy atom. The SMILES string of the molecule is NCC(CO)(Cc1ccc(Br)cc1F)c1ccccc1F. The van der Waals surface area contributed by atoms with E-state index in [0.29, 0.717) is 15.6 Å². The highest BCUT2D eigenvalue weighted by Crippen LogP contribution is 2.31. The van der Waals surface area contributed by atoms with Crippen molar-refractivity contribution in [2.24, 2.45) is 5.73 Å². The van der Waals surface area contributed by atoms with Gasteiger partial charge in [0.1, 0.15) is 11.6 Å². The van der Waals surface area contributed by atoms with Gasteiger partial charge in [0, 0.05) is 16.4 Å². The van der Waals surface area contributed by atoms with Crippen molar-refractivity contribution in [3.63, 3.8) is 0 Å². The molecular formula is C16H16BrF2NO. The summed E-state index contributed by atoms with van der Waals surface area (Å²) in [6.45, 7) is -0.347. The summed E-state index contributed by atoms with van der Waals surface area (Å²) < 4.78 is 28.7. The smallest absolute Gasteiger partial charge is 0.127 e. The van der Waals surface area contributed by atoms with Crippen molar-refractivity contribution in [3.8, 4) is 0 Å². The molecule has 0 aliphatic rings. The molecule has 1 unspecified atom stereocenters. The lowest BCUT2D eigenvalue weighted by atomic mass is 9.76. The number of aliphatic hydroxyl groups is 1. The van der Waals surface area contributed by atoms with Crippen LogP contribution in [0, 0.1) is 11.6 Å². The van der Waals surface area contributed by atoms with Crippen LogP contribution in [0.25, 0.3) is 0 Å². The molecule has 112 valence electrons. The molecular weight excluding hydrogens is 340 g/mol. The molecule has 2 rings (SSSR count). The molecule has 0 saturated carbocycles. The van der Waals surface area contributed by atoms with E-state index in [9.17, 15) is 13.9 Å². The van der Waals surface area contributed by atoms with Crippen molar-refractivity contribution in [2.45, 2.75) is 11.8 Å². The number of hydrogen-bond donors (Lipinski definition) is 2. The topological polar surface area (TPSA) is 46.2 Å². The molecule has 2 aromatic carbocycles. The van der Waals surface area contributed by atoms with Crippen LogP contribution < -0.4 is 5.73 Å². The van der Waals surface area contributed by atoms with Gasteiger partial charge in [-0.25, -0.2) is 8.78 Å². The van der Waals surface area contributed by atoms with E-state index in [0.717, 1.165) is 0 Å². The molecule has 0 aromatic heterocycles. The second-order valence-corrected chi connectivity index (χ2v) is 5.95. The quantitative estimate of drug-likeness (QED) is 0.865. The lowest BCUT2D eigenvalue weighted by molar-refractivity contribution is 0.191. The summed E-state index contributed by atoms with van der Waals surface area (Å²) in [7, 11) is 0. The van der Waals surface area contributed by atoms with Gasteiger partial charge in [0.15, 0.2) is 0 Å². The fraction of sp³-hybridized carbons (Fsp3) is 0.250. The maximum absolute atomic E-state index is 14.1. The first-order valence-corrected chi connectivity index (χ1v) is 7.31. The number of benzene rings is 2. The Morgan fingerprint density at radius 3 is 2.38 bits per heavy atom. The first kappa shape index (κ1) is 16.1. The summed E-state index contributed by atoms with van der Waals surface area (Å²) in [5.74, 6) is -0.860. The third kappa shape index (κ3) is 3.31. The highest BCUT2D eigenvalue weighted by atomic mass is 79.9. The molecule has 0 radical (unpaired) electrons. The molecule has 3 N–H and O–H groups in total. The normalized spacial score (nSPS) is 14.0. The van der Waals surface area contributed by atoms with E-state index in [-0.39, 0.29) is 19.6 Å². The van der Waals surface area contributed by atoms with E-state index in [1.807, 2.05) is 0 Å². The Balaban J connectivity index is 2.46. The zero-order valence-electron chi connectivity index (χ0n) is 11.3. The second-order valence-electron chi connectivity index (χ2n) is 5.03. The minimum atomic E-state index is -1.04. The van der Waals surface area contributed by atoms with Gasteiger partial charge in [0.2, 0.25) is 0 Å². The molecule has 0 saturated heterocycles. The van der Waals surface area contributed by atoms with Crippen molar-refractivity contribution in [2.75, 3.05) is 13.2 Å². The van der Waals surface area contributed by atoms with Crippen LogP contribution in [0.4, 0.5) is 8.78 Å². The monoisotopic (exact) mass is 355 g/mol. The number of hydrogen-bond acceptors (Lipinski definition) is 2. The van der Waals surface area contributed by atoms with Crippen LogP contribution in [-0.4, -0.2) is 18.3 Å². The van der Waals surface area contributed by atoms with Crippen LogP contribution >= 0.6 is 15.9 Å². The maximum atomic E-state index is 14.1. The molecule has 2 aromatic rings. The molecule has 0 fully saturated rings. The number of halogens is 3. The molecule has 0 aliphatic carbocycles. The fourth-order valence-corrected chi connectivity index (χ4v) is 2.74. The molecule has 0 heterocycles. The Labute approximate surface area is 130 Å². The summed E-state index contributed by atoms with van der Waals surface area (Å²) in [6.07, 6.45) is 0.125. The van der Waals surface area contributed by atoms with Crippen LogP contribution in [0.1, 0.15) is 11.1 Å². The van der Waals surface area contributed by atoms with Crippen molar-refractivity contribution < 1.29 is 13.9 Å². The number of aliphatic hydroxyl groups excluding tert-OH is 1. The van der Waals surface area contributed by atoms with Crippen molar-refractivity contribution >= 4 is 15.9 Å². The molecule has 21 heavy (non-hydrogen) atoms. The molecule has 0 amide bonds. The van der Waals surface area contributed by atoms with Crippen LogP contribution in [0.2, 0.25) is 0 Å². The molecule has 0 aliphatic heterocycles. The maximum Gasteiger partial charge on any atom is 0.127 e. The highest BCUT2D eigenvalue weighted by molar-refractivity contribution is 9.10. The summed E-state index contributed by atoms with van der Waals surface area (Å²) >= 11 is 3.19. The molecule has 2 nitrogen and oxygen atoms in total. The van der Waals surface area contributed by atoms with Gasteiger partial charge in [-0.05, 0) is 35.7 Å². The predicted octanol–water partition coefficient (Wildman–Crippen LogP) is 3.16. The van der Waals surface area contributed by atoms with Crippen LogP contribution in [-0.2, 0) is 11.8 Å². The Hall–Kier alpha value is -1.30. The largest absolute Gasteiger partial charge is 0.395 e. The average molecular weight is 356 g/mol. The Morgan fingerprint density at radius 1 is 1.10 bits per heavy atom. The van der Waals surface area contributed by atoms with E-state index < -0.39 is 17.0 Å². The van der Waals surface area contributed by atoms with Gasteiger partial charge >= 0.3 is 0 Å². The van der Waals surface area contributed by atoms with Crippen molar-refractivity contribution in [3.05, 3.63) is 69.7 Å². The van der Waals surface area contributed by atoms with E-state index in [1.165, 1.54) is 12.1 Å². The van der Waals surface area contributed by atoms with Gasteiger partial charge in [0.25, 0.3) is 0 Å². The lowest BCUT2D eigenvalue weighted by Gasteiger charge is -2.31. The van der Waals surface area contributed by atoms with E-state index in [2.05, 4.69) is 15.9 Å². The van der Waals surface area contributed by atoms with Gasteiger partial charge < -0.3 is 10.8 Å². The number of nitrogens with two attached hydrogens (primary N) is 1. The van der Waals surface area contributed by atoms with Gasteiger partial charge in [-0.15, -0.1) is 0 Å².